The predicted molar refractivity (Wildman–Crippen MR) is 75.6 cm³/mol. The fourth-order valence-electron chi connectivity index (χ4n) is 1.86. The maximum absolute atomic E-state index is 11.0. The van der Waals surface area contributed by atoms with Gasteiger partial charge in [-0.2, -0.15) is 5.26 Å². The van der Waals surface area contributed by atoms with E-state index in [0.717, 1.165) is 0 Å². The van der Waals surface area contributed by atoms with E-state index in [1.165, 1.54) is 0 Å². The lowest BCUT2D eigenvalue weighted by Crippen LogP contribution is -2.34. The monoisotopic (exact) mass is 277 g/mol. The molecule has 0 spiro atoms. The van der Waals surface area contributed by atoms with Crippen molar-refractivity contribution in [2.45, 2.75) is 39.3 Å². The van der Waals surface area contributed by atoms with Crippen molar-refractivity contribution in [2.75, 3.05) is 6.61 Å². The first-order valence-corrected chi connectivity index (χ1v) is 6.48. The summed E-state index contributed by atoms with van der Waals surface area (Å²) in [6.07, 6.45) is 0.472. The van der Waals surface area contributed by atoms with Gasteiger partial charge in [0, 0.05) is 18.0 Å². The predicted octanol–water partition coefficient (Wildman–Crippen LogP) is 2.56. The van der Waals surface area contributed by atoms with Crippen LogP contribution >= 0.6 is 0 Å². The Morgan fingerprint density at radius 1 is 1.50 bits per heavy atom. The molecule has 1 unspecified atom stereocenters. The Hall–Kier alpha value is -2.13. The summed E-state index contributed by atoms with van der Waals surface area (Å²) in [5.74, 6) is 0.247. The van der Waals surface area contributed by atoms with Crippen LogP contribution in [-0.2, 0) is 0 Å². The maximum Gasteiger partial charge on any atom is 0.313 e. The number of ether oxygens (including phenoxy) is 1. The van der Waals surface area contributed by atoms with E-state index < -0.39 is 4.92 Å². The van der Waals surface area contributed by atoms with Gasteiger partial charge in [0.05, 0.1) is 23.6 Å². The average Bonchev–Trinajstić information content (AvgIpc) is 2.36. The Labute approximate surface area is 118 Å². The van der Waals surface area contributed by atoms with Gasteiger partial charge in [0.15, 0.2) is 5.75 Å². The van der Waals surface area contributed by atoms with Gasteiger partial charge in [-0.15, -0.1) is 0 Å². The van der Waals surface area contributed by atoms with E-state index in [1.807, 2.05) is 13.8 Å². The zero-order valence-corrected chi connectivity index (χ0v) is 11.9. The summed E-state index contributed by atoms with van der Waals surface area (Å²) >= 11 is 0. The summed E-state index contributed by atoms with van der Waals surface area (Å²) < 4.78 is 5.46. The summed E-state index contributed by atoms with van der Waals surface area (Å²) in [6, 6.07) is 6.98. The van der Waals surface area contributed by atoms with Crippen LogP contribution in [0.15, 0.2) is 18.2 Å². The number of nitrogens with one attached hydrogen (secondary N) is 1. The third-order valence-electron chi connectivity index (χ3n) is 2.74. The Kier molecular flexibility index (Phi) is 5.94. The van der Waals surface area contributed by atoms with Crippen LogP contribution in [0, 0.1) is 28.4 Å². The minimum Gasteiger partial charge on any atom is -0.487 e. The van der Waals surface area contributed by atoms with Crippen LogP contribution in [0.25, 0.3) is 0 Å². The van der Waals surface area contributed by atoms with Crippen LogP contribution in [0.2, 0.25) is 0 Å². The van der Waals surface area contributed by atoms with Crippen molar-refractivity contribution >= 4 is 5.69 Å². The molecule has 0 aromatic heterocycles. The van der Waals surface area contributed by atoms with Gasteiger partial charge in [-0.3, -0.25) is 15.4 Å². The number of nitrogens with zero attached hydrogens (tertiary/aromatic N) is 2. The highest BCUT2D eigenvalue weighted by atomic mass is 16.6. The fraction of sp³-hybridized carbons (Fsp3) is 0.500. The number of hydrogen-bond donors (Lipinski definition) is 1. The Balaban J connectivity index is 2.65. The highest BCUT2D eigenvalue weighted by Gasteiger charge is 2.18. The topological polar surface area (TPSA) is 88.2 Å². The average molecular weight is 277 g/mol. The SMILES string of the molecule is Cc1cccc(OCCC(C#N)NC(C)C)c1[N+](=O)[O-]. The van der Waals surface area contributed by atoms with Gasteiger partial charge in [-0.25, -0.2) is 0 Å². The first kappa shape index (κ1) is 15.9. The molecule has 0 saturated heterocycles. The van der Waals surface area contributed by atoms with Crippen LogP contribution < -0.4 is 10.1 Å². The zero-order valence-electron chi connectivity index (χ0n) is 11.9. The van der Waals surface area contributed by atoms with Crippen LogP contribution in [0.5, 0.6) is 5.75 Å². The Morgan fingerprint density at radius 2 is 2.20 bits per heavy atom. The molecule has 1 N–H and O–H groups in total. The highest BCUT2D eigenvalue weighted by molar-refractivity contribution is 5.51. The van der Waals surface area contributed by atoms with Gasteiger partial charge in [-0.1, -0.05) is 12.1 Å². The van der Waals surface area contributed by atoms with Gasteiger partial charge in [0.1, 0.15) is 0 Å². The van der Waals surface area contributed by atoms with Crippen LogP contribution in [0.1, 0.15) is 25.8 Å². The number of aryl methyl sites for hydroxylation is 1. The van der Waals surface area contributed by atoms with Crippen molar-refractivity contribution in [3.63, 3.8) is 0 Å². The van der Waals surface area contributed by atoms with Gasteiger partial charge in [-0.05, 0) is 26.8 Å². The minimum atomic E-state index is -0.446. The number of rotatable bonds is 7. The number of benzene rings is 1. The van der Waals surface area contributed by atoms with Crippen molar-refractivity contribution in [3.05, 3.63) is 33.9 Å². The second-order valence-electron chi connectivity index (χ2n) is 4.82. The van der Waals surface area contributed by atoms with E-state index in [-0.39, 0.29) is 30.1 Å². The number of nitro groups is 1. The lowest BCUT2D eigenvalue weighted by atomic mass is 10.2. The summed E-state index contributed by atoms with van der Waals surface area (Å²) in [5.41, 5.74) is 0.544. The lowest BCUT2D eigenvalue weighted by molar-refractivity contribution is -0.386. The standard InChI is InChI=1S/C14H19N3O3/c1-10(2)16-12(9-15)7-8-20-13-6-4-5-11(3)14(13)17(18)19/h4-6,10,12,16H,7-8H2,1-3H3. The molecule has 1 aromatic carbocycles. The molecule has 0 fully saturated rings. The second-order valence-corrected chi connectivity index (χ2v) is 4.82. The fourth-order valence-corrected chi connectivity index (χ4v) is 1.86. The number of nitriles is 1. The van der Waals surface area contributed by atoms with E-state index in [4.69, 9.17) is 10.00 Å². The van der Waals surface area contributed by atoms with Gasteiger partial charge in [0.2, 0.25) is 0 Å². The van der Waals surface area contributed by atoms with Gasteiger partial charge >= 0.3 is 5.69 Å². The lowest BCUT2D eigenvalue weighted by Gasteiger charge is -2.15. The van der Waals surface area contributed by atoms with E-state index >= 15 is 0 Å². The largest absolute Gasteiger partial charge is 0.487 e. The normalized spacial score (nSPS) is 11.9. The molecule has 1 aromatic rings. The number of nitro benzene ring substituents is 1. The van der Waals surface area contributed by atoms with E-state index in [0.29, 0.717) is 12.0 Å². The molecule has 0 amide bonds. The van der Waals surface area contributed by atoms with Gasteiger partial charge < -0.3 is 4.74 Å². The Morgan fingerprint density at radius 3 is 2.75 bits per heavy atom. The summed E-state index contributed by atoms with van der Waals surface area (Å²) in [5, 5.41) is 23.1. The van der Waals surface area contributed by atoms with Crippen LogP contribution in [-0.4, -0.2) is 23.6 Å². The molecule has 0 aliphatic heterocycles. The highest BCUT2D eigenvalue weighted by Crippen LogP contribution is 2.30. The third kappa shape index (κ3) is 4.52. The van der Waals surface area contributed by atoms with Crippen molar-refractivity contribution in [2.24, 2.45) is 0 Å². The molecule has 1 atom stereocenters. The summed E-state index contributed by atoms with van der Waals surface area (Å²) in [4.78, 5) is 10.6. The number of hydrogen-bond acceptors (Lipinski definition) is 5. The van der Waals surface area contributed by atoms with Crippen molar-refractivity contribution < 1.29 is 9.66 Å². The molecule has 0 radical (unpaired) electrons. The maximum atomic E-state index is 11.0. The second kappa shape index (κ2) is 7.46. The van der Waals surface area contributed by atoms with Gasteiger partial charge in [0.25, 0.3) is 0 Å². The first-order valence-electron chi connectivity index (χ1n) is 6.48. The third-order valence-corrected chi connectivity index (χ3v) is 2.74. The number of para-hydroxylation sites is 1. The van der Waals surface area contributed by atoms with E-state index in [1.54, 1.807) is 25.1 Å². The zero-order chi connectivity index (χ0) is 15.1. The molecule has 0 saturated carbocycles. The molecule has 20 heavy (non-hydrogen) atoms. The summed E-state index contributed by atoms with van der Waals surface area (Å²) in [7, 11) is 0. The quantitative estimate of drug-likeness (QED) is 0.611. The van der Waals surface area contributed by atoms with E-state index in [9.17, 15) is 10.1 Å². The van der Waals surface area contributed by atoms with Crippen molar-refractivity contribution in [1.29, 1.82) is 5.26 Å². The molecule has 1 rings (SSSR count). The molecule has 6 heteroatoms. The molecular formula is C14H19N3O3. The van der Waals surface area contributed by atoms with Crippen molar-refractivity contribution in [3.8, 4) is 11.8 Å². The van der Waals surface area contributed by atoms with E-state index in [2.05, 4.69) is 11.4 Å². The molecule has 6 nitrogen and oxygen atoms in total. The minimum absolute atomic E-state index is 0.0159. The van der Waals surface area contributed by atoms with Crippen LogP contribution in [0.4, 0.5) is 5.69 Å². The molecule has 108 valence electrons. The summed E-state index contributed by atoms with van der Waals surface area (Å²) in [6.45, 7) is 5.83. The first-order chi connectivity index (χ1) is 9.45. The molecule has 0 heterocycles. The van der Waals surface area contributed by atoms with Crippen LogP contribution in [0.3, 0.4) is 0 Å². The van der Waals surface area contributed by atoms with Crippen molar-refractivity contribution in [1.82, 2.24) is 5.32 Å². The molecule has 0 aliphatic carbocycles. The Bertz CT molecular complexity index is 509. The molecule has 0 bridgehead atoms. The molecular weight excluding hydrogens is 258 g/mol. The molecule has 0 aliphatic rings. The smallest absolute Gasteiger partial charge is 0.313 e.